The van der Waals surface area contributed by atoms with Crippen molar-refractivity contribution in [3.63, 3.8) is 0 Å². The number of nitrogens with one attached hydrogen (secondary N) is 1. The number of aliphatic hydroxyl groups is 2. The number of hydrogen-bond donors (Lipinski definition) is 3. The summed E-state index contributed by atoms with van der Waals surface area (Å²) in [5.74, 6) is 0.293. The SMILES string of the molecule is CC(O)C(C)(C)C(O)C(=O)NCCSc1ccccc1. The highest BCUT2D eigenvalue weighted by Crippen LogP contribution is 2.25. The van der Waals surface area contributed by atoms with Crippen LogP contribution in [0.4, 0.5) is 0 Å². The van der Waals surface area contributed by atoms with Crippen LogP contribution in [0.1, 0.15) is 20.8 Å². The molecule has 1 amide bonds. The Morgan fingerprint density at radius 1 is 1.30 bits per heavy atom. The number of rotatable bonds is 7. The van der Waals surface area contributed by atoms with Crippen LogP contribution < -0.4 is 5.32 Å². The topological polar surface area (TPSA) is 69.6 Å². The summed E-state index contributed by atoms with van der Waals surface area (Å²) in [7, 11) is 0. The summed E-state index contributed by atoms with van der Waals surface area (Å²) in [5, 5.41) is 22.2. The van der Waals surface area contributed by atoms with Crippen LogP contribution in [0, 0.1) is 5.41 Å². The van der Waals surface area contributed by atoms with Crippen molar-refractivity contribution in [2.24, 2.45) is 5.41 Å². The number of benzene rings is 1. The van der Waals surface area contributed by atoms with E-state index in [1.165, 1.54) is 0 Å². The van der Waals surface area contributed by atoms with E-state index in [0.717, 1.165) is 10.6 Å². The monoisotopic (exact) mass is 297 g/mol. The maximum atomic E-state index is 11.8. The third-order valence-electron chi connectivity index (χ3n) is 3.44. The number of thioether (sulfide) groups is 1. The molecule has 0 saturated carbocycles. The van der Waals surface area contributed by atoms with E-state index in [1.54, 1.807) is 32.5 Å². The number of amides is 1. The van der Waals surface area contributed by atoms with E-state index < -0.39 is 23.5 Å². The fourth-order valence-corrected chi connectivity index (χ4v) is 2.31. The van der Waals surface area contributed by atoms with Crippen molar-refractivity contribution >= 4 is 17.7 Å². The van der Waals surface area contributed by atoms with Gasteiger partial charge in [0.15, 0.2) is 0 Å². The summed E-state index contributed by atoms with van der Waals surface area (Å²) < 4.78 is 0. The van der Waals surface area contributed by atoms with Gasteiger partial charge in [-0.1, -0.05) is 32.0 Å². The molecule has 0 bridgehead atoms. The molecule has 0 fully saturated rings. The minimum atomic E-state index is -1.22. The highest BCUT2D eigenvalue weighted by molar-refractivity contribution is 7.99. The van der Waals surface area contributed by atoms with Gasteiger partial charge in [-0.2, -0.15) is 0 Å². The standard InChI is InChI=1S/C15H23NO3S/c1-11(17)15(2,3)13(18)14(19)16-9-10-20-12-7-5-4-6-8-12/h4-8,11,13,17-18H,9-10H2,1-3H3,(H,16,19). The lowest BCUT2D eigenvalue weighted by Crippen LogP contribution is -2.48. The smallest absolute Gasteiger partial charge is 0.249 e. The third-order valence-corrected chi connectivity index (χ3v) is 4.46. The number of aliphatic hydroxyl groups excluding tert-OH is 2. The molecule has 112 valence electrons. The molecule has 4 nitrogen and oxygen atoms in total. The Morgan fingerprint density at radius 3 is 2.45 bits per heavy atom. The average Bonchev–Trinajstić information content (AvgIpc) is 2.43. The minimum Gasteiger partial charge on any atom is -0.393 e. The van der Waals surface area contributed by atoms with E-state index >= 15 is 0 Å². The van der Waals surface area contributed by atoms with Gasteiger partial charge in [0.05, 0.1) is 6.10 Å². The Labute approximate surface area is 124 Å². The van der Waals surface area contributed by atoms with Gasteiger partial charge < -0.3 is 15.5 Å². The fraction of sp³-hybridized carbons (Fsp3) is 0.533. The summed E-state index contributed by atoms with van der Waals surface area (Å²) in [5.41, 5.74) is -0.864. The first-order valence-electron chi connectivity index (χ1n) is 6.67. The van der Waals surface area contributed by atoms with Crippen LogP contribution in [0.15, 0.2) is 35.2 Å². The van der Waals surface area contributed by atoms with Crippen molar-refractivity contribution in [3.8, 4) is 0 Å². The first kappa shape index (κ1) is 17.0. The van der Waals surface area contributed by atoms with Gasteiger partial charge in [-0.15, -0.1) is 11.8 Å². The van der Waals surface area contributed by atoms with E-state index in [9.17, 15) is 15.0 Å². The molecular weight excluding hydrogens is 274 g/mol. The van der Waals surface area contributed by atoms with E-state index in [1.807, 2.05) is 30.3 Å². The lowest BCUT2D eigenvalue weighted by atomic mass is 9.81. The van der Waals surface area contributed by atoms with Crippen molar-refractivity contribution < 1.29 is 15.0 Å². The quantitative estimate of drug-likeness (QED) is 0.529. The van der Waals surface area contributed by atoms with Crippen molar-refractivity contribution in [1.29, 1.82) is 0 Å². The first-order chi connectivity index (χ1) is 9.35. The van der Waals surface area contributed by atoms with Crippen molar-refractivity contribution in [2.45, 2.75) is 37.9 Å². The molecule has 0 heterocycles. The molecule has 0 aliphatic heterocycles. The summed E-state index contributed by atoms with van der Waals surface area (Å²) in [6, 6.07) is 9.92. The Hall–Kier alpha value is -1.04. The fourth-order valence-electron chi connectivity index (χ4n) is 1.52. The van der Waals surface area contributed by atoms with Gasteiger partial charge >= 0.3 is 0 Å². The minimum absolute atomic E-state index is 0.440. The van der Waals surface area contributed by atoms with Gasteiger partial charge in [0.25, 0.3) is 0 Å². The molecule has 1 aromatic carbocycles. The molecule has 2 unspecified atom stereocenters. The summed E-state index contributed by atoms with van der Waals surface area (Å²) >= 11 is 1.64. The second-order valence-electron chi connectivity index (χ2n) is 5.35. The van der Waals surface area contributed by atoms with Crippen molar-refractivity contribution in [2.75, 3.05) is 12.3 Å². The summed E-state index contributed by atoms with van der Waals surface area (Å²) in [4.78, 5) is 13.0. The number of hydrogen-bond acceptors (Lipinski definition) is 4. The van der Waals surface area contributed by atoms with E-state index in [2.05, 4.69) is 5.32 Å². The molecule has 0 radical (unpaired) electrons. The molecule has 1 rings (SSSR count). The molecule has 5 heteroatoms. The predicted molar refractivity (Wildman–Crippen MR) is 81.6 cm³/mol. The molecular formula is C15H23NO3S. The van der Waals surface area contributed by atoms with Crippen LogP contribution in [-0.4, -0.2) is 40.6 Å². The Morgan fingerprint density at radius 2 is 1.90 bits per heavy atom. The first-order valence-corrected chi connectivity index (χ1v) is 7.66. The van der Waals surface area contributed by atoms with E-state index in [4.69, 9.17) is 0 Å². The summed E-state index contributed by atoms with van der Waals surface area (Å²) in [6.07, 6.45) is -1.98. The Bertz CT molecular complexity index is 420. The Balaban J connectivity index is 2.33. The maximum Gasteiger partial charge on any atom is 0.249 e. The Kier molecular flexibility index (Phi) is 6.52. The molecule has 0 spiro atoms. The molecule has 2 atom stereocenters. The zero-order chi connectivity index (χ0) is 15.2. The second-order valence-corrected chi connectivity index (χ2v) is 6.52. The zero-order valence-electron chi connectivity index (χ0n) is 12.2. The lowest BCUT2D eigenvalue weighted by molar-refractivity contribution is -0.140. The molecule has 0 aliphatic carbocycles. The van der Waals surface area contributed by atoms with E-state index in [0.29, 0.717) is 6.54 Å². The molecule has 20 heavy (non-hydrogen) atoms. The zero-order valence-corrected chi connectivity index (χ0v) is 13.0. The van der Waals surface area contributed by atoms with E-state index in [-0.39, 0.29) is 0 Å². The normalized spacial score (nSPS) is 14.7. The van der Waals surface area contributed by atoms with Crippen molar-refractivity contribution in [3.05, 3.63) is 30.3 Å². The lowest BCUT2D eigenvalue weighted by Gasteiger charge is -2.32. The van der Waals surface area contributed by atoms with Gasteiger partial charge in [0.2, 0.25) is 5.91 Å². The maximum absolute atomic E-state index is 11.8. The molecule has 0 aliphatic rings. The van der Waals surface area contributed by atoms with Crippen LogP contribution in [-0.2, 0) is 4.79 Å². The van der Waals surface area contributed by atoms with Gasteiger partial charge in [0.1, 0.15) is 6.10 Å². The third kappa shape index (κ3) is 4.81. The number of carbonyl (C=O) groups excluding carboxylic acids is 1. The molecule has 0 aromatic heterocycles. The molecule has 1 aromatic rings. The van der Waals surface area contributed by atoms with Crippen LogP contribution in [0.25, 0.3) is 0 Å². The highest BCUT2D eigenvalue weighted by Gasteiger charge is 2.37. The van der Waals surface area contributed by atoms with Crippen LogP contribution in [0.5, 0.6) is 0 Å². The summed E-state index contributed by atoms with van der Waals surface area (Å²) in [6.45, 7) is 5.38. The average molecular weight is 297 g/mol. The van der Waals surface area contributed by atoms with Gasteiger partial charge in [-0.3, -0.25) is 4.79 Å². The van der Waals surface area contributed by atoms with Crippen LogP contribution in [0.3, 0.4) is 0 Å². The van der Waals surface area contributed by atoms with Crippen molar-refractivity contribution in [1.82, 2.24) is 5.32 Å². The van der Waals surface area contributed by atoms with Gasteiger partial charge in [0, 0.05) is 22.6 Å². The largest absolute Gasteiger partial charge is 0.393 e. The van der Waals surface area contributed by atoms with Crippen LogP contribution in [0.2, 0.25) is 0 Å². The number of carbonyl (C=O) groups is 1. The predicted octanol–water partition coefficient (Wildman–Crippen LogP) is 1.66. The highest BCUT2D eigenvalue weighted by atomic mass is 32.2. The van der Waals surface area contributed by atoms with Crippen LogP contribution >= 0.6 is 11.8 Å². The van der Waals surface area contributed by atoms with Gasteiger partial charge in [-0.25, -0.2) is 0 Å². The molecule has 3 N–H and O–H groups in total. The molecule has 0 saturated heterocycles. The van der Waals surface area contributed by atoms with Gasteiger partial charge in [-0.05, 0) is 19.1 Å². The second kappa shape index (κ2) is 7.67.